The van der Waals surface area contributed by atoms with Gasteiger partial charge in [-0.2, -0.15) is 4.98 Å². The number of carbonyl (C=O) groups is 2. The average molecular weight is 388 g/mol. The van der Waals surface area contributed by atoms with Crippen LogP contribution in [0.5, 0.6) is 0 Å². The lowest BCUT2D eigenvalue weighted by molar-refractivity contribution is -0.116. The highest BCUT2D eigenvalue weighted by Gasteiger charge is 2.27. The molecule has 3 heterocycles. The Morgan fingerprint density at radius 3 is 2.74 bits per heavy atom. The van der Waals surface area contributed by atoms with E-state index in [2.05, 4.69) is 35.2 Å². The number of H-pyrrole nitrogens is 1. The van der Waals surface area contributed by atoms with Gasteiger partial charge in [0.2, 0.25) is 17.8 Å². The molecule has 1 atom stereocenters. The number of nitrogens with zero attached hydrogens (tertiary/aromatic N) is 5. The van der Waals surface area contributed by atoms with Gasteiger partial charge in [-0.05, 0) is 12.0 Å². The van der Waals surface area contributed by atoms with Gasteiger partial charge in [-0.1, -0.05) is 25.6 Å². The first-order valence-corrected chi connectivity index (χ1v) is 8.73. The first kappa shape index (κ1) is 18.5. The van der Waals surface area contributed by atoms with Crippen molar-refractivity contribution in [3.63, 3.8) is 0 Å². The summed E-state index contributed by atoms with van der Waals surface area (Å²) in [5, 5.41) is 11.5. The van der Waals surface area contributed by atoms with Crippen molar-refractivity contribution in [2.45, 2.75) is 24.1 Å². The van der Waals surface area contributed by atoms with E-state index in [1.807, 2.05) is 13.8 Å². The molecule has 140 valence electrons. The number of nitrogens with two attached hydrogens (primary N) is 1. The van der Waals surface area contributed by atoms with E-state index in [1.165, 1.54) is 30.4 Å². The van der Waals surface area contributed by atoms with Gasteiger partial charge >= 0.3 is 5.97 Å². The molecule has 5 N–H and O–H groups in total. The Bertz CT molecular complexity index is 1010. The van der Waals surface area contributed by atoms with Crippen LogP contribution in [-0.4, -0.2) is 52.1 Å². The largest absolute Gasteiger partial charge is 0.477 e. The third kappa shape index (κ3) is 4.11. The van der Waals surface area contributed by atoms with E-state index in [-0.39, 0.29) is 29.4 Å². The van der Waals surface area contributed by atoms with Crippen LogP contribution >= 0.6 is 11.8 Å². The highest BCUT2D eigenvalue weighted by atomic mass is 32.2. The smallest absolute Gasteiger partial charge is 0.354 e. The molecule has 0 aliphatic rings. The lowest BCUT2D eigenvalue weighted by Gasteiger charge is -2.19. The number of nitrogen functional groups attached to an aromatic ring is 1. The van der Waals surface area contributed by atoms with Crippen LogP contribution in [0.1, 0.15) is 24.3 Å². The van der Waals surface area contributed by atoms with Crippen LogP contribution in [0.15, 0.2) is 23.6 Å². The second-order valence-corrected chi connectivity index (χ2v) is 6.96. The molecule has 1 amide bonds. The van der Waals surface area contributed by atoms with E-state index in [0.29, 0.717) is 16.2 Å². The number of carboxylic acid groups (broad SMARTS) is 1. The lowest BCUT2D eigenvalue weighted by Crippen LogP contribution is -2.30. The van der Waals surface area contributed by atoms with E-state index in [9.17, 15) is 9.59 Å². The van der Waals surface area contributed by atoms with E-state index in [1.54, 1.807) is 0 Å². The fraction of sp³-hybridized carbons (Fsp3) is 0.267. The number of aromatic carboxylic acids is 1. The number of imidazole rings is 1. The van der Waals surface area contributed by atoms with Crippen LogP contribution in [0.2, 0.25) is 0 Å². The van der Waals surface area contributed by atoms with Crippen molar-refractivity contribution in [3.05, 3.63) is 24.3 Å². The fourth-order valence-electron chi connectivity index (χ4n) is 2.24. The maximum Gasteiger partial charge on any atom is 0.354 e. The quantitative estimate of drug-likeness (QED) is 0.354. The van der Waals surface area contributed by atoms with Gasteiger partial charge in [0.25, 0.3) is 0 Å². The first-order chi connectivity index (χ1) is 12.8. The second kappa shape index (κ2) is 7.53. The van der Waals surface area contributed by atoms with E-state index in [0.717, 1.165) is 0 Å². The molecule has 3 aromatic heterocycles. The summed E-state index contributed by atoms with van der Waals surface area (Å²) < 4.78 is 0. The molecule has 27 heavy (non-hydrogen) atoms. The number of aromatic amines is 1. The molecule has 12 heteroatoms. The number of anilines is 2. The minimum atomic E-state index is -1.21. The molecule has 0 unspecified atom stereocenters. The molecule has 0 bridgehead atoms. The summed E-state index contributed by atoms with van der Waals surface area (Å²) in [4.78, 5) is 46.6. The minimum absolute atomic E-state index is 0.0532. The number of aromatic nitrogens is 6. The number of nitrogens with one attached hydrogen (secondary N) is 2. The number of carbonyl (C=O) groups excluding carboxylic acids is 1. The molecule has 0 saturated heterocycles. The summed E-state index contributed by atoms with van der Waals surface area (Å²) in [6.07, 6.45) is 2.74. The van der Waals surface area contributed by atoms with Crippen LogP contribution < -0.4 is 11.1 Å². The summed E-state index contributed by atoms with van der Waals surface area (Å²) in [6.45, 7) is 3.75. The predicted molar refractivity (Wildman–Crippen MR) is 98.2 cm³/mol. The molecule has 0 saturated carbocycles. The number of fused-ring (bicyclic) bond motifs is 1. The molecule has 0 fully saturated rings. The van der Waals surface area contributed by atoms with Gasteiger partial charge in [0.15, 0.2) is 11.3 Å². The highest BCUT2D eigenvalue weighted by molar-refractivity contribution is 8.00. The molecule has 0 spiro atoms. The Morgan fingerprint density at radius 1 is 1.26 bits per heavy atom. The van der Waals surface area contributed by atoms with Crippen molar-refractivity contribution in [1.29, 1.82) is 0 Å². The summed E-state index contributed by atoms with van der Waals surface area (Å²) >= 11 is 1.20. The molecular weight excluding hydrogens is 372 g/mol. The number of amides is 1. The van der Waals surface area contributed by atoms with Crippen LogP contribution in [0.3, 0.4) is 0 Å². The molecular formula is C15H16N8O3S. The molecule has 3 rings (SSSR count). The topological polar surface area (TPSA) is 173 Å². The Morgan fingerprint density at radius 2 is 2.04 bits per heavy atom. The van der Waals surface area contributed by atoms with E-state index in [4.69, 9.17) is 10.8 Å². The zero-order valence-corrected chi connectivity index (χ0v) is 15.2. The molecule has 11 nitrogen and oxygen atoms in total. The van der Waals surface area contributed by atoms with E-state index >= 15 is 0 Å². The molecule has 0 radical (unpaired) electrons. The lowest BCUT2D eigenvalue weighted by atomic mass is 10.1. The first-order valence-electron chi connectivity index (χ1n) is 7.85. The van der Waals surface area contributed by atoms with Crippen LogP contribution in [0.4, 0.5) is 11.9 Å². The predicted octanol–water partition coefficient (Wildman–Crippen LogP) is 1.18. The maximum atomic E-state index is 12.7. The van der Waals surface area contributed by atoms with E-state index < -0.39 is 11.2 Å². The summed E-state index contributed by atoms with van der Waals surface area (Å²) in [7, 11) is 0. The maximum absolute atomic E-state index is 12.7. The zero-order chi connectivity index (χ0) is 19.6. The highest BCUT2D eigenvalue weighted by Crippen LogP contribution is 2.31. The van der Waals surface area contributed by atoms with Crippen molar-refractivity contribution in [2.75, 3.05) is 11.1 Å². The zero-order valence-electron chi connectivity index (χ0n) is 14.4. The number of thioether (sulfide) groups is 1. The number of carboxylic acids is 1. The average Bonchev–Trinajstić information content (AvgIpc) is 3.07. The normalized spacial score (nSPS) is 12.3. The summed E-state index contributed by atoms with van der Waals surface area (Å²) in [5.74, 6) is -1.70. The van der Waals surface area contributed by atoms with Crippen LogP contribution in [0.25, 0.3) is 11.2 Å². The summed E-state index contributed by atoms with van der Waals surface area (Å²) in [6, 6.07) is 1.24. The minimum Gasteiger partial charge on any atom is -0.477 e. The van der Waals surface area contributed by atoms with Gasteiger partial charge in [0.1, 0.15) is 10.5 Å². The van der Waals surface area contributed by atoms with Crippen LogP contribution in [0, 0.1) is 5.92 Å². The Labute approximate surface area is 157 Å². The van der Waals surface area contributed by atoms with Gasteiger partial charge in [0.05, 0.1) is 11.6 Å². The van der Waals surface area contributed by atoms with Crippen LogP contribution in [-0.2, 0) is 4.79 Å². The SMILES string of the molecule is CC(C)[C@@H](Sc1nc(N)nc2nc[nH]c12)C(=O)Nc1nccc(C(=O)O)n1. The Kier molecular flexibility index (Phi) is 5.16. The van der Waals surface area contributed by atoms with Gasteiger partial charge < -0.3 is 15.8 Å². The van der Waals surface area contributed by atoms with Crippen molar-refractivity contribution in [3.8, 4) is 0 Å². The fourth-order valence-corrected chi connectivity index (χ4v) is 3.33. The molecule has 0 aliphatic carbocycles. The molecule has 0 aromatic carbocycles. The van der Waals surface area contributed by atoms with Gasteiger partial charge in [-0.3, -0.25) is 10.1 Å². The van der Waals surface area contributed by atoms with Crippen molar-refractivity contribution in [2.24, 2.45) is 5.92 Å². The van der Waals surface area contributed by atoms with Gasteiger partial charge in [-0.25, -0.2) is 24.7 Å². The van der Waals surface area contributed by atoms with Crippen molar-refractivity contribution < 1.29 is 14.7 Å². The molecule has 0 aliphatic heterocycles. The number of hydrogen-bond acceptors (Lipinski definition) is 9. The standard InChI is InChI=1S/C15H16N8O3S/c1-6(2)9(11(24)22-15-17-4-3-7(20-15)13(25)26)27-12-8-10(19-5-18-8)21-14(16)23-12/h3-6,9H,1-2H3,(H,25,26)(H,17,20,22,24)(H3,16,18,19,21,23)/t9-/m1/s1. The number of rotatable bonds is 6. The van der Waals surface area contributed by atoms with Gasteiger partial charge in [0, 0.05) is 6.20 Å². The number of hydrogen-bond donors (Lipinski definition) is 4. The second-order valence-electron chi connectivity index (χ2n) is 5.83. The Balaban J connectivity index is 1.85. The Hall–Kier alpha value is -3.28. The van der Waals surface area contributed by atoms with Crippen molar-refractivity contribution >= 4 is 46.7 Å². The third-order valence-corrected chi connectivity index (χ3v) is 5.01. The van der Waals surface area contributed by atoms with Gasteiger partial charge in [-0.15, -0.1) is 0 Å². The van der Waals surface area contributed by atoms with Crippen molar-refractivity contribution in [1.82, 2.24) is 29.9 Å². The third-order valence-electron chi connectivity index (χ3n) is 3.48. The summed E-state index contributed by atoms with van der Waals surface area (Å²) in [5.41, 5.74) is 6.49. The monoisotopic (exact) mass is 388 g/mol. The molecule has 3 aromatic rings.